The number of ketones is 1. The zero-order valence-electron chi connectivity index (χ0n) is 15.2. The molecule has 0 aromatic heterocycles. The van der Waals surface area contributed by atoms with Crippen molar-refractivity contribution in [2.24, 2.45) is 0 Å². The van der Waals surface area contributed by atoms with Crippen LogP contribution in [0.1, 0.15) is 27.0 Å². The molecule has 0 aliphatic heterocycles. The minimum absolute atomic E-state index is 0.0220. The molecule has 0 unspecified atom stereocenters. The largest absolute Gasteiger partial charge is 0.439 e. The van der Waals surface area contributed by atoms with E-state index in [1.807, 2.05) is 25.1 Å². The molecule has 0 aliphatic rings. The van der Waals surface area contributed by atoms with E-state index in [4.69, 9.17) is 10.1 Å². The van der Waals surface area contributed by atoms with Crippen LogP contribution in [-0.2, 0) is 4.79 Å². The monoisotopic (exact) mass is 357 g/mol. The zero-order valence-corrected chi connectivity index (χ0v) is 15.2. The molecule has 0 spiro atoms. The highest BCUT2D eigenvalue weighted by Gasteiger charge is 2.10. The third kappa shape index (κ3) is 4.18. The molecule has 4 heteroatoms. The lowest BCUT2D eigenvalue weighted by Crippen LogP contribution is -2.10. The van der Waals surface area contributed by atoms with Crippen molar-refractivity contribution in [1.29, 1.82) is 5.41 Å². The van der Waals surface area contributed by atoms with Crippen molar-refractivity contribution < 1.29 is 14.3 Å². The fourth-order valence-electron chi connectivity index (χ4n) is 2.71. The molecule has 0 saturated heterocycles. The minimum atomic E-state index is -0.587. The second-order valence-electron chi connectivity index (χ2n) is 6.34. The van der Waals surface area contributed by atoms with E-state index < -0.39 is 5.78 Å². The van der Waals surface area contributed by atoms with E-state index in [1.165, 1.54) is 17.7 Å². The maximum absolute atomic E-state index is 11.3. The van der Waals surface area contributed by atoms with Gasteiger partial charge in [0.25, 0.3) is 0 Å². The Kier molecular flexibility index (Phi) is 5.27. The van der Waals surface area contributed by atoms with Gasteiger partial charge in [0.1, 0.15) is 5.75 Å². The number of carbonyl (C=O) groups excluding carboxylic acids is 2. The van der Waals surface area contributed by atoms with Crippen molar-refractivity contribution in [2.75, 3.05) is 0 Å². The zero-order chi connectivity index (χ0) is 19.4. The van der Waals surface area contributed by atoms with Gasteiger partial charge in [0.05, 0.1) is 0 Å². The second-order valence-corrected chi connectivity index (χ2v) is 6.34. The number of nitrogens with one attached hydrogen (secondary N) is 1. The maximum Gasteiger partial charge on any atom is 0.225 e. The normalized spacial score (nSPS) is 10.3. The number of hydrogen-bond donors (Lipinski definition) is 1. The molecular weight excluding hydrogens is 338 g/mol. The Morgan fingerprint density at radius 1 is 0.852 bits per heavy atom. The van der Waals surface area contributed by atoms with Crippen LogP contribution in [0.25, 0.3) is 11.1 Å². The van der Waals surface area contributed by atoms with Crippen LogP contribution in [0, 0.1) is 19.3 Å². The van der Waals surface area contributed by atoms with E-state index in [1.54, 1.807) is 12.1 Å². The standard InChI is InChI=1S/C23H19NO3/c1-15-3-5-17(6-4-15)20-11-12-22(16(2)13-20)27-23(24)19-9-7-18(8-10-19)21(26)14-25/h3-14,24H,1-2H3. The summed E-state index contributed by atoms with van der Waals surface area (Å²) >= 11 is 0. The van der Waals surface area contributed by atoms with E-state index in [9.17, 15) is 9.59 Å². The number of carbonyl (C=O) groups is 2. The van der Waals surface area contributed by atoms with Crippen LogP contribution in [-0.4, -0.2) is 18.0 Å². The number of rotatable bonds is 5. The Hall–Kier alpha value is -3.53. The number of aldehydes is 1. The first-order valence-electron chi connectivity index (χ1n) is 8.52. The Bertz CT molecular complexity index is 1000. The highest BCUT2D eigenvalue weighted by Crippen LogP contribution is 2.27. The molecule has 0 amide bonds. The third-order valence-electron chi connectivity index (χ3n) is 4.31. The molecule has 0 radical (unpaired) electrons. The van der Waals surface area contributed by atoms with Crippen LogP contribution >= 0.6 is 0 Å². The molecule has 0 saturated carbocycles. The average molecular weight is 357 g/mol. The highest BCUT2D eigenvalue weighted by atomic mass is 16.5. The van der Waals surface area contributed by atoms with Crippen molar-refractivity contribution >= 4 is 18.0 Å². The van der Waals surface area contributed by atoms with Gasteiger partial charge in [-0.3, -0.25) is 15.0 Å². The van der Waals surface area contributed by atoms with Gasteiger partial charge in [0.15, 0.2) is 6.29 Å². The molecule has 3 aromatic carbocycles. The average Bonchev–Trinajstić information content (AvgIpc) is 2.69. The molecule has 3 aromatic rings. The number of benzene rings is 3. The molecule has 0 atom stereocenters. The molecule has 0 aliphatic carbocycles. The molecule has 0 heterocycles. The summed E-state index contributed by atoms with van der Waals surface area (Å²) < 4.78 is 5.70. The summed E-state index contributed by atoms with van der Waals surface area (Å²) in [4.78, 5) is 21.9. The van der Waals surface area contributed by atoms with E-state index in [2.05, 4.69) is 31.2 Å². The highest BCUT2D eigenvalue weighted by molar-refractivity contribution is 6.33. The molecule has 4 nitrogen and oxygen atoms in total. The van der Waals surface area contributed by atoms with Crippen LogP contribution in [0.4, 0.5) is 0 Å². The Morgan fingerprint density at radius 3 is 2.04 bits per heavy atom. The SMILES string of the molecule is Cc1ccc(-c2ccc(OC(=N)c3ccc(C(=O)C=O)cc3)c(C)c2)cc1. The van der Waals surface area contributed by atoms with Crippen LogP contribution < -0.4 is 4.74 Å². The second kappa shape index (κ2) is 7.79. The number of hydrogen-bond acceptors (Lipinski definition) is 4. The van der Waals surface area contributed by atoms with Gasteiger partial charge < -0.3 is 4.74 Å². The number of aryl methyl sites for hydroxylation is 2. The van der Waals surface area contributed by atoms with Gasteiger partial charge in [-0.15, -0.1) is 0 Å². The Morgan fingerprint density at radius 2 is 1.44 bits per heavy atom. The molecule has 134 valence electrons. The summed E-state index contributed by atoms with van der Waals surface area (Å²) in [7, 11) is 0. The maximum atomic E-state index is 11.3. The number of Topliss-reactive ketones (excluding diaryl/α,β-unsaturated/α-hetero) is 1. The summed E-state index contributed by atoms with van der Waals surface area (Å²) in [5.41, 5.74) is 5.17. The summed E-state index contributed by atoms with van der Waals surface area (Å²) in [6.07, 6.45) is 0.274. The first kappa shape index (κ1) is 18.3. The molecule has 27 heavy (non-hydrogen) atoms. The summed E-state index contributed by atoms with van der Waals surface area (Å²) in [5.74, 6) is -0.00766. The van der Waals surface area contributed by atoms with E-state index in [-0.39, 0.29) is 12.2 Å². The van der Waals surface area contributed by atoms with Crippen molar-refractivity contribution in [2.45, 2.75) is 13.8 Å². The van der Waals surface area contributed by atoms with Gasteiger partial charge in [-0.1, -0.05) is 48.0 Å². The van der Waals surface area contributed by atoms with Gasteiger partial charge in [0.2, 0.25) is 11.7 Å². The fourth-order valence-corrected chi connectivity index (χ4v) is 2.71. The Balaban J connectivity index is 1.77. The van der Waals surface area contributed by atoms with E-state index >= 15 is 0 Å². The van der Waals surface area contributed by atoms with Crippen molar-refractivity contribution in [3.8, 4) is 16.9 Å². The topological polar surface area (TPSA) is 67.2 Å². The predicted molar refractivity (Wildman–Crippen MR) is 106 cm³/mol. The quantitative estimate of drug-likeness (QED) is 0.235. The molecular formula is C23H19NO3. The van der Waals surface area contributed by atoms with Gasteiger partial charge >= 0.3 is 0 Å². The smallest absolute Gasteiger partial charge is 0.225 e. The molecule has 0 bridgehead atoms. The first-order valence-corrected chi connectivity index (χ1v) is 8.52. The third-order valence-corrected chi connectivity index (χ3v) is 4.31. The van der Waals surface area contributed by atoms with E-state index in [0.29, 0.717) is 16.9 Å². The molecule has 0 fully saturated rings. The van der Waals surface area contributed by atoms with Crippen molar-refractivity contribution in [3.05, 3.63) is 89.0 Å². The summed E-state index contributed by atoms with van der Waals surface area (Å²) in [6, 6.07) is 20.4. The molecule has 3 rings (SSSR count). The number of ether oxygens (including phenoxy) is 1. The molecule has 1 N–H and O–H groups in total. The van der Waals surface area contributed by atoms with Gasteiger partial charge in [-0.2, -0.15) is 0 Å². The lowest BCUT2D eigenvalue weighted by Gasteiger charge is -2.12. The summed E-state index contributed by atoms with van der Waals surface area (Å²) in [6.45, 7) is 3.99. The van der Waals surface area contributed by atoms with Crippen LogP contribution in [0.15, 0.2) is 66.7 Å². The lowest BCUT2D eigenvalue weighted by atomic mass is 10.0. The van der Waals surface area contributed by atoms with Gasteiger partial charge in [-0.05, 0) is 54.8 Å². The Labute approximate surface area is 157 Å². The predicted octanol–water partition coefficient (Wildman–Crippen LogP) is 4.76. The summed E-state index contributed by atoms with van der Waals surface area (Å²) in [5, 5.41) is 8.15. The van der Waals surface area contributed by atoms with E-state index in [0.717, 1.165) is 16.7 Å². The van der Waals surface area contributed by atoms with Crippen molar-refractivity contribution in [3.63, 3.8) is 0 Å². The van der Waals surface area contributed by atoms with Crippen LogP contribution in [0.5, 0.6) is 5.75 Å². The van der Waals surface area contributed by atoms with Crippen LogP contribution in [0.3, 0.4) is 0 Å². The minimum Gasteiger partial charge on any atom is -0.439 e. The van der Waals surface area contributed by atoms with Gasteiger partial charge in [-0.25, -0.2) is 0 Å². The lowest BCUT2D eigenvalue weighted by molar-refractivity contribution is -0.104. The van der Waals surface area contributed by atoms with Gasteiger partial charge in [0, 0.05) is 11.1 Å². The first-order chi connectivity index (χ1) is 13.0. The van der Waals surface area contributed by atoms with Crippen molar-refractivity contribution in [1.82, 2.24) is 0 Å². The van der Waals surface area contributed by atoms with Crippen LogP contribution in [0.2, 0.25) is 0 Å². The fraction of sp³-hybridized carbons (Fsp3) is 0.0870.